The normalized spacial score (nSPS) is 17.2. The predicted molar refractivity (Wildman–Crippen MR) is 75.6 cm³/mol. The van der Waals surface area contributed by atoms with E-state index in [4.69, 9.17) is 4.74 Å². The third-order valence-electron chi connectivity index (χ3n) is 3.50. The number of fused-ring (bicyclic) bond motifs is 1. The molecule has 0 radical (unpaired) electrons. The molecule has 2 aromatic carbocycles. The van der Waals surface area contributed by atoms with Crippen LogP contribution in [0.4, 0.5) is 5.69 Å². The van der Waals surface area contributed by atoms with Crippen LogP contribution in [-0.2, 0) is 11.3 Å². The van der Waals surface area contributed by atoms with Gasteiger partial charge in [0, 0.05) is 5.56 Å². The van der Waals surface area contributed by atoms with Crippen molar-refractivity contribution < 1.29 is 14.6 Å². The molecule has 4 nitrogen and oxygen atoms in total. The van der Waals surface area contributed by atoms with Crippen molar-refractivity contribution in [3.8, 4) is 5.75 Å². The van der Waals surface area contributed by atoms with E-state index in [2.05, 4.69) is 0 Å². The Morgan fingerprint density at radius 3 is 2.65 bits per heavy atom. The van der Waals surface area contributed by atoms with E-state index in [9.17, 15) is 9.90 Å². The van der Waals surface area contributed by atoms with Crippen LogP contribution in [0.1, 0.15) is 17.2 Å². The summed E-state index contributed by atoms with van der Waals surface area (Å²) in [6.45, 7) is 0.454. The highest BCUT2D eigenvalue weighted by Gasteiger charge is 2.36. The highest BCUT2D eigenvalue weighted by atomic mass is 16.5. The fourth-order valence-corrected chi connectivity index (χ4v) is 2.45. The first kappa shape index (κ1) is 12.7. The molecule has 0 spiro atoms. The van der Waals surface area contributed by atoms with Crippen molar-refractivity contribution in [2.24, 2.45) is 0 Å². The molecule has 0 aliphatic carbocycles. The van der Waals surface area contributed by atoms with Crippen LogP contribution in [0.15, 0.2) is 48.5 Å². The average Bonchev–Trinajstić information content (AvgIpc) is 2.73. The molecular weight excluding hydrogens is 254 g/mol. The van der Waals surface area contributed by atoms with Gasteiger partial charge < -0.3 is 14.7 Å². The number of carbonyl (C=O) groups excluding carboxylic acids is 1. The largest absolute Gasteiger partial charge is 0.497 e. The molecule has 20 heavy (non-hydrogen) atoms. The number of hydrogen-bond acceptors (Lipinski definition) is 3. The monoisotopic (exact) mass is 269 g/mol. The van der Waals surface area contributed by atoms with E-state index >= 15 is 0 Å². The summed E-state index contributed by atoms with van der Waals surface area (Å²) in [4.78, 5) is 13.8. The van der Waals surface area contributed by atoms with Crippen molar-refractivity contribution in [2.45, 2.75) is 12.6 Å². The fraction of sp³-hybridized carbons (Fsp3) is 0.188. The number of rotatable bonds is 3. The van der Waals surface area contributed by atoms with Gasteiger partial charge in [0.15, 0.2) is 6.10 Å². The molecule has 1 aliphatic rings. The molecule has 102 valence electrons. The van der Waals surface area contributed by atoms with Crippen LogP contribution in [0.3, 0.4) is 0 Å². The molecule has 0 saturated carbocycles. The second kappa shape index (κ2) is 4.98. The quantitative estimate of drug-likeness (QED) is 0.930. The Morgan fingerprint density at radius 1 is 1.20 bits per heavy atom. The molecule has 1 atom stereocenters. The summed E-state index contributed by atoms with van der Waals surface area (Å²) in [6.07, 6.45) is -1.11. The average molecular weight is 269 g/mol. The lowest BCUT2D eigenvalue weighted by Crippen LogP contribution is -2.28. The number of aliphatic hydroxyl groups is 1. The fourth-order valence-electron chi connectivity index (χ4n) is 2.45. The first-order valence-corrected chi connectivity index (χ1v) is 6.42. The number of aliphatic hydroxyl groups excluding tert-OH is 1. The minimum Gasteiger partial charge on any atom is -0.497 e. The van der Waals surface area contributed by atoms with Gasteiger partial charge >= 0.3 is 0 Å². The van der Waals surface area contributed by atoms with Crippen molar-refractivity contribution in [1.82, 2.24) is 0 Å². The minimum absolute atomic E-state index is 0.294. The van der Waals surface area contributed by atoms with Gasteiger partial charge in [-0.15, -0.1) is 0 Å². The lowest BCUT2D eigenvalue weighted by Gasteiger charge is -2.17. The number of methoxy groups -OCH3 is 1. The maximum Gasteiger partial charge on any atom is 0.260 e. The molecule has 2 aromatic rings. The Morgan fingerprint density at radius 2 is 1.95 bits per heavy atom. The summed E-state index contributed by atoms with van der Waals surface area (Å²) < 4.78 is 5.14. The van der Waals surface area contributed by atoms with Crippen molar-refractivity contribution in [3.05, 3.63) is 59.7 Å². The SMILES string of the molecule is COc1ccc2c(c1)C(O)C(=O)N2Cc1ccccc1. The number of hydrogen-bond donors (Lipinski definition) is 1. The molecule has 0 saturated heterocycles. The first-order valence-electron chi connectivity index (χ1n) is 6.42. The Labute approximate surface area is 117 Å². The number of benzene rings is 2. The molecule has 0 fully saturated rings. The van der Waals surface area contributed by atoms with Gasteiger partial charge in [-0.2, -0.15) is 0 Å². The number of amides is 1. The van der Waals surface area contributed by atoms with Crippen molar-refractivity contribution in [3.63, 3.8) is 0 Å². The number of carbonyl (C=O) groups is 1. The Hall–Kier alpha value is -2.33. The third-order valence-corrected chi connectivity index (χ3v) is 3.50. The second-order valence-electron chi connectivity index (χ2n) is 4.74. The van der Waals surface area contributed by atoms with Crippen molar-refractivity contribution in [2.75, 3.05) is 12.0 Å². The summed E-state index contributed by atoms with van der Waals surface area (Å²) in [6, 6.07) is 15.0. The van der Waals surface area contributed by atoms with E-state index in [1.807, 2.05) is 36.4 Å². The van der Waals surface area contributed by atoms with Gasteiger partial charge in [-0.3, -0.25) is 4.79 Å². The van der Waals surface area contributed by atoms with Gasteiger partial charge in [-0.1, -0.05) is 30.3 Å². The van der Waals surface area contributed by atoms with E-state index in [0.29, 0.717) is 17.9 Å². The zero-order valence-electron chi connectivity index (χ0n) is 11.1. The third kappa shape index (κ3) is 2.04. The molecule has 1 N–H and O–H groups in total. The summed E-state index contributed by atoms with van der Waals surface area (Å²) in [5.41, 5.74) is 2.37. The van der Waals surface area contributed by atoms with Crippen LogP contribution in [0.25, 0.3) is 0 Å². The Bertz CT molecular complexity index is 639. The molecule has 1 aliphatic heterocycles. The standard InChI is InChI=1S/C16H15NO3/c1-20-12-7-8-14-13(9-12)15(18)16(19)17(14)10-11-5-3-2-4-6-11/h2-9,15,18H,10H2,1H3. The highest BCUT2D eigenvalue weighted by molar-refractivity contribution is 6.03. The minimum atomic E-state index is -1.11. The molecule has 4 heteroatoms. The molecular formula is C16H15NO3. The van der Waals surface area contributed by atoms with Crippen LogP contribution in [0.5, 0.6) is 5.75 Å². The molecule has 0 aromatic heterocycles. The smallest absolute Gasteiger partial charge is 0.260 e. The van der Waals surface area contributed by atoms with E-state index in [1.165, 1.54) is 0 Å². The van der Waals surface area contributed by atoms with Gasteiger partial charge in [-0.05, 0) is 23.8 Å². The van der Waals surface area contributed by atoms with E-state index in [-0.39, 0.29) is 5.91 Å². The van der Waals surface area contributed by atoms with Crippen LogP contribution in [0, 0.1) is 0 Å². The van der Waals surface area contributed by atoms with Crippen LogP contribution in [0.2, 0.25) is 0 Å². The summed E-state index contributed by atoms with van der Waals surface area (Å²) in [7, 11) is 1.56. The lowest BCUT2D eigenvalue weighted by atomic mass is 10.1. The Kier molecular flexibility index (Phi) is 3.16. The molecule has 1 unspecified atom stereocenters. The van der Waals surface area contributed by atoms with Gasteiger partial charge in [0.05, 0.1) is 19.3 Å². The van der Waals surface area contributed by atoms with Crippen LogP contribution >= 0.6 is 0 Å². The zero-order valence-corrected chi connectivity index (χ0v) is 11.1. The van der Waals surface area contributed by atoms with Gasteiger partial charge in [0.1, 0.15) is 5.75 Å². The first-order chi connectivity index (χ1) is 9.70. The lowest BCUT2D eigenvalue weighted by molar-refractivity contribution is -0.125. The maximum atomic E-state index is 12.2. The van der Waals surface area contributed by atoms with Crippen LogP contribution in [-0.4, -0.2) is 18.1 Å². The predicted octanol–water partition coefficient (Wildman–Crippen LogP) is 2.28. The molecule has 0 bridgehead atoms. The molecule has 1 heterocycles. The van der Waals surface area contributed by atoms with Gasteiger partial charge in [-0.25, -0.2) is 0 Å². The maximum absolute atomic E-state index is 12.2. The number of nitrogens with zero attached hydrogens (tertiary/aromatic N) is 1. The number of ether oxygens (including phenoxy) is 1. The van der Waals surface area contributed by atoms with E-state index in [1.54, 1.807) is 24.1 Å². The topological polar surface area (TPSA) is 49.8 Å². The molecule has 1 amide bonds. The van der Waals surface area contributed by atoms with E-state index in [0.717, 1.165) is 11.3 Å². The summed E-state index contributed by atoms with van der Waals surface area (Å²) in [5, 5.41) is 10.1. The Balaban J connectivity index is 1.96. The van der Waals surface area contributed by atoms with Gasteiger partial charge in [0.25, 0.3) is 5.91 Å². The highest BCUT2D eigenvalue weighted by Crippen LogP contribution is 2.38. The van der Waals surface area contributed by atoms with Crippen LogP contribution < -0.4 is 9.64 Å². The van der Waals surface area contributed by atoms with E-state index < -0.39 is 6.10 Å². The summed E-state index contributed by atoms with van der Waals surface area (Å²) >= 11 is 0. The zero-order chi connectivity index (χ0) is 14.1. The van der Waals surface area contributed by atoms with Gasteiger partial charge in [0.2, 0.25) is 0 Å². The molecule has 3 rings (SSSR count). The second-order valence-corrected chi connectivity index (χ2v) is 4.74. The van der Waals surface area contributed by atoms with Crippen molar-refractivity contribution >= 4 is 11.6 Å². The summed E-state index contributed by atoms with van der Waals surface area (Å²) in [5.74, 6) is 0.342. The number of anilines is 1. The van der Waals surface area contributed by atoms with Crippen molar-refractivity contribution in [1.29, 1.82) is 0 Å².